The van der Waals surface area contributed by atoms with Gasteiger partial charge in [-0.05, 0) is 75.7 Å². The van der Waals surface area contributed by atoms with Crippen LogP contribution in [-0.2, 0) is 60.0 Å². The number of benzene rings is 10. The molecule has 0 atom stereocenters. The SMILES string of the molecule is CC#N.CN1CCN(C)CCN(C)CC1.CN1CCN(C)CCN(C)CC1.O=C([O-])C(c1ccccc1)(c1ccccc1)c1ccccc1.O=C([O-])C(c1ccccc1)(c1ccccc1)c1ccccc1.[Fe+5].[Fe+6].[O-2].c1ccc([B-](c2ccccc2)(c2ccccc2)c2ccccc2)cc1. The third-order valence-corrected chi connectivity index (χ3v) is 18.2. The molecule has 2 aliphatic rings. The Balaban J connectivity index is 0.000000265. The van der Waals surface area contributed by atoms with Gasteiger partial charge in [0.2, 0.25) is 0 Å². The van der Waals surface area contributed by atoms with Gasteiger partial charge in [0.05, 0.1) is 28.8 Å². The van der Waals surface area contributed by atoms with Crippen LogP contribution in [0.5, 0.6) is 0 Å². The summed E-state index contributed by atoms with van der Waals surface area (Å²) >= 11 is 0. The minimum absolute atomic E-state index is 0. The second kappa shape index (κ2) is 43.8. The van der Waals surface area contributed by atoms with Gasteiger partial charge in [-0.1, -0.05) is 303 Å². The summed E-state index contributed by atoms with van der Waals surface area (Å²) in [5, 5.41) is 31.9. The largest absolute Gasteiger partial charge is 6.00 e. The van der Waals surface area contributed by atoms with E-state index in [9.17, 15) is 19.8 Å². The van der Waals surface area contributed by atoms with Gasteiger partial charge in [-0.2, -0.15) is 27.1 Å². The molecule has 0 amide bonds. The van der Waals surface area contributed by atoms with Crippen LogP contribution in [0, 0.1) is 11.3 Å². The van der Waals surface area contributed by atoms with Gasteiger partial charge in [0.15, 0.2) is 0 Å². The number of carboxylic acids is 2. The molecule has 0 aromatic heterocycles. The Bertz CT molecular complexity index is 3230. The van der Waals surface area contributed by atoms with Gasteiger partial charge < -0.3 is 54.7 Å². The van der Waals surface area contributed by atoms with Crippen LogP contribution in [0.2, 0.25) is 0 Å². The zero-order valence-electron chi connectivity index (χ0n) is 58.3. The van der Waals surface area contributed by atoms with Crippen molar-refractivity contribution in [3.8, 4) is 6.07 Å². The summed E-state index contributed by atoms with van der Waals surface area (Å²) in [5.74, 6) is -2.26. The summed E-state index contributed by atoms with van der Waals surface area (Å²) in [5.41, 5.74) is 6.85. The van der Waals surface area contributed by atoms with Crippen molar-refractivity contribution in [3.05, 3.63) is 337 Å². The number of carbonyl (C=O) groups excluding carboxylic acids is 2. The van der Waals surface area contributed by atoms with Crippen LogP contribution in [0.15, 0.2) is 303 Å². The molecule has 2 fully saturated rings. The Kier molecular flexibility index (Phi) is 36.6. The van der Waals surface area contributed by atoms with Crippen LogP contribution in [0.4, 0.5) is 0 Å². The molecule has 15 heteroatoms. The first-order valence-electron chi connectivity index (χ1n) is 33.3. The molecule has 0 saturated carbocycles. The normalized spacial score (nSPS) is 14.2. The number of aliphatic carboxylic acids is 2. The van der Waals surface area contributed by atoms with Crippen molar-refractivity contribution < 1.29 is 59.4 Å². The molecule has 0 N–H and O–H groups in total. The zero-order chi connectivity index (χ0) is 68.4. The van der Waals surface area contributed by atoms with E-state index in [1.807, 2.05) is 182 Å². The molecule has 10 aromatic rings. The number of hydrogen-bond acceptors (Lipinski definition) is 11. The third-order valence-electron chi connectivity index (χ3n) is 18.2. The van der Waals surface area contributed by atoms with Crippen LogP contribution in [0.25, 0.3) is 0 Å². The number of likely N-dealkylation sites (N-methyl/N-ethyl adjacent to an activating group) is 6. The predicted molar refractivity (Wildman–Crippen MR) is 395 cm³/mol. The van der Waals surface area contributed by atoms with Gasteiger partial charge in [-0.3, -0.25) is 0 Å². The molecule has 2 aliphatic heterocycles. The van der Waals surface area contributed by atoms with E-state index in [0.29, 0.717) is 33.4 Å². The van der Waals surface area contributed by atoms with Crippen molar-refractivity contribution in [2.75, 3.05) is 121 Å². The van der Waals surface area contributed by atoms with E-state index < -0.39 is 28.9 Å². The average Bonchev–Trinajstić information content (AvgIpc) is 0.819. The first-order chi connectivity index (χ1) is 46.7. The van der Waals surface area contributed by atoms with Crippen LogP contribution in [-0.4, -0.2) is 168 Å². The summed E-state index contributed by atoms with van der Waals surface area (Å²) in [7, 11) is 13.2. The predicted octanol–water partition coefficient (Wildman–Crippen LogP) is 8.60. The molecule has 2 heterocycles. The minimum Gasteiger partial charge on any atom is -2.00 e. The Morgan fingerprint density at radius 2 is 0.414 bits per heavy atom. The van der Waals surface area contributed by atoms with E-state index >= 15 is 0 Å². The Labute approximate surface area is 611 Å². The van der Waals surface area contributed by atoms with Crippen LogP contribution >= 0.6 is 0 Å². The Hall–Kier alpha value is -8.55. The maximum absolute atomic E-state index is 12.3. The van der Waals surface area contributed by atoms with Crippen LogP contribution in [0.1, 0.15) is 40.3 Å². The monoisotopic (exact) mass is 1400 g/mol. The number of rotatable bonds is 12. The number of carbonyl (C=O) groups is 2. The fourth-order valence-electron chi connectivity index (χ4n) is 12.7. The summed E-state index contributed by atoms with van der Waals surface area (Å²) in [6.45, 7) is 15.8. The molecule has 0 unspecified atom stereocenters. The van der Waals surface area contributed by atoms with E-state index in [1.165, 1.54) is 107 Å². The van der Waals surface area contributed by atoms with Crippen molar-refractivity contribution in [1.29, 1.82) is 5.26 Å². The van der Waals surface area contributed by atoms with Crippen LogP contribution < -0.4 is 32.1 Å². The summed E-state index contributed by atoms with van der Waals surface area (Å²) in [6.07, 6.45) is -1.22. The molecule has 0 aliphatic carbocycles. The molecule has 509 valence electrons. The first kappa shape index (κ1) is 82.9. The maximum Gasteiger partial charge on any atom is 6.00 e. The van der Waals surface area contributed by atoms with E-state index in [-0.39, 0.29) is 39.6 Å². The molecular weight excluding hydrogens is 1310 g/mol. The Morgan fingerprint density at radius 3 is 0.525 bits per heavy atom. The quantitative estimate of drug-likeness (QED) is 0.0855. The van der Waals surface area contributed by atoms with Crippen LogP contribution in [0.3, 0.4) is 0 Å². The molecule has 12 nitrogen and oxygen atoms in total. The second-order valence-electron chi connectivity index (χ2n) is 24.8. The third kappa shape index (κ3) is 22.7. The first-order valence-corrected chi connectivity index (χ1v) is 33.3. The standard InChI is InChI=1S/C24H20B.2C20H16O2.2C9H21N3.C2H3N.2Fe.O/c1-5-13-21(14-6-1)25(22-15-7-2-8-16-22,23-17-9-3-10-18-23)24-19-11-4-12-20-24;2*21-19(22)20(16-10-4-1-5-11-16,17-12-6-2-7-13-17)18-14-8-3-9-15-18;2*1-10-4-6-11(2)8-9-12(3)7-5-10;1-2-3;;;/h1-20H;2*1-15H,(H,21,22);2*4-9H2,1-3H3;1H3;;;/q-1;;;;;;+5;+6;-2/p-2. The molecule has 1 radical (unpaired) electrons. The minimum atomic E-state index is -1.32. The molecule has 2 saturated heterocycles. The Morgan fingerprint density at radius 1 is 0.303 bits per heavy atom. The topological polar surface area (TPSA) is 152 Å². The van der Waals surface area contributed by atoms with Crippen molar-refractivity contribution >= 4 is 39.9 Å². The van der Waals surface area contributed by atoms with Crippen molar-refractivity contribution in [2.24, 2.45) is 0 Å². The van der Waals surface area contributed by atoms with Gasteiger partial charge in [0.25, 0.3) is 0 Å². The van der Waals surface area contributed by atoms with Gasteiger partial charge >= 0.3 is 34.1 Å². The number of nitrogens with zero attached hydrogens (tertiary/aromatic N) is 7. The van der Waals surface area contributed by atoms with E-state index in [0.717, 1.165) is 0 Å². The molecule has 0 spiro atoms. The smallest absolute Gasteiger partial charge is 2.00 e. The average molecular weight is 1410 g/mol. The number of hydrogen-bond donors (Lipinski definition) is 0. The summed E-state index contributed by atoms with van der Waals surface area (Å²) in [6, 6.07) is 101. The molecule has 99 heavy (non-hydrogen) atoms. The van der Waals surface area contributed by atoms with Gasteiger partial charge in [0.1, 0.15) is 6.15 Å². The van der Waals surface area contributed by atoms with Gasteiger partial charge in [0, 0.05) is 85.5 Å². The summed E-state index contributed by atoms with van der Waals surface area (Å²) in [4.78, 5) is 39.0. The second-order valence-corrected chi connectivity index (χ2v) is 24.8. The van der Waals surface area contributed by atoms with Gasteiger partial charge in [-0.15, -0.1) is 0 Å². The molecule has 12 rings (SSSR count). The van der Waals surface area contributed by atoms with E-state index in [2.05, 4.69) is 193 Å². The maximum atomic E-state index is 12.3. The number of carboxylic acid groups (broad SMARTS) is 2. The fraction of sp³-hybridized carbons (Fsp3) is 0.250. The van der Waals surface area contributed by atoms with E-state index in [1.54, 1.807) is 6.07 Å². The van der Waals surface area contributed by atoms with Crippen molar-refractivity contribution in [3.63, 3.8) is 0 Å². The number of nitriles is 1. The zero-order valence-corrected chi connectivity index (χ0v) is 60.5. The van der Waals surface area contributed by atoms with Gasteiger partial charge in [-0.25, -0.2) is 0 Å². The van der Waals surface area contributed by atoms with E-state index in [4.69, 9.17) is 5.26 Å². The summed E-state index contributed by atoms with van der Waals surface area (Å²) < 4.78 is 0. The molecular formula is C84H95BFe2N7O5+6. The molecule has 0 bridgehead atoms. The van der Waals surface area contributed by atoms with Crippen molar-refractivity contribution in [1.82, 2.24) is 29.4 Å². The van der Waals surface area contributed by atoms with Crippen molar-refractivity contribution in [2.45, 2.75) is 17.8 Å². The molecule has 10 aromatic carbocycles. The fourth-order valence-corrected chi connectivity index (χ4v) is 12.7.